The Morgan fingerprint density at radius 1 is 1.70 bits per heavy atom. The molecule has 0 aromatic heterocycles. The molecule has 56 valence electrons. The topological polar surface area (TPSA) is 37.4 Å². The fourth-order valence-electron chi connectivity index (χ4n) is 0.837. The van der Waals surface area contributed by atoms with Crippen LogP contribution in [0.3, 0.4) is 0 Å². The monoisotopic (exact) mass is 159 g/mol. The number of hydrogen-bond acceptors (Lipinski definition) is 3. The van der Waals surface area contributed by atoms with Crippen molar-refractivity contribution in [2.45, 2.75) is 6.42 Å². The zero-order valence-corrected chi connectivity index (χ0v) is 6.39. The molecule has 1 aliphatic heterocycles. The van der Waals surface area contributed by atoms with Crippen molar-refractivity contribution in [2.24, 2.45) is 0 Å². The van der Waals surface area contributed by atoms with Crippen LogP contribution >= 0.6 is 11.8 Å². The second-order valence-electron chi connectivity index (χ2n) is 2.06. The van der Waals surface area contributed by atoms with Crippen molar-refractivity contribution < 1.29 is 9.59 Å². The summed E-state index contributed by atoms with van der Waals surface area (Å²) >= 11 is 1.33. The van der Waals surface area contributed by atoms with E-state index >= 15 is 0 Å². The third-order valence-electron chi connectivity index (χ3n) is 1.36. The molecule has 0 bridgehead atoms. The lowest BCUT2D eigenvalue weighted by Gasteiger charge is -2.10. The van der Waals surface area contributed by atoms with E-state index in [-0.39, 0.29) is 5.24 Å². The van der Waals surface area contributed by atoms with E-state index in [1.165, 1.54) is 11.8 Å². The normalized spacial score (nSPS) is 18.0. The Hall–Kier alpha value is -0.510. The lowest BCUT2D eigenvalue weighted by Crippen LogP contribution is -2.24. The SMILES string of the molecule is O=CCCN1CCSC1=O. The molecular formula is C6H9NO2S. The zero-order valence-electron chi connectivity index (χ0n) is 5.58. The van der Waals surface area contributed by atoms with Crippen molar-refractivity contribution in [1.82, 2.24) is 4.90 Å². The van der Waals surface area contributed by atoms with Gasteiger partial charge in [0, 0.05) is 25.3 Å². The fraction of sp³-hybridized carbons (Fsp3) is 0.667. The Morgan fingerprint density at radius 3 is 3.00 bits per heavy atom. The summed E-state index contributed by atoms with van der Waals surface area (Å²) in [5.41, 5.74) is 0. The van der Waals surface area contributed by atoms with Gasteiger partial charge in [-0.25, -0.2) is 0 Å². The average molecular weight is 159 g/mol. The lowest BCUT2D eigenvalue weighted by molar-refractivity contribution is -0.108. The van der Waals surface area contributed by atoms with Gasteiger partial charge in [-0.15, -0.1) is 0 Å². The number of hydrogen-bond donors (Lipinski definition) is 0. The van der Waals surface area contributed by atoms with E-state index in [4.69, 9.17) is 0 Å². The van der Waals surface area contributed by atoms with Gasteiger partial charge in [-0.3, -0.25) is 4.79 Å². The molecule has 0 unspecified atom stereocenters. The van der Waals surface area contributed by atoms with Gasteiger partial charge in [0.05, 0.1) is 0 Å². The lowest BCUT2D eigenvalue weighted by atomic mass is 10.4. The van der Waals surface area contributed by atoms with Crippen LogP contribution in [0.5, 0.6) is 0 Å². The summed E-state index contributed by atoms with van der Waals surface area (Å²) in [5.74, 6) is 0.873. The summed E-state index contributed by atoms with van der Waals surface area (Å²) in [6, 6.07) is 0. The molecular weight excluding hydrogens is 150 g/mol. The molecule has 1 saturated heterocycles. The summed E-state index contributed by atoms with van der Waals surface area (Å²) < 4.78 is 0. The summed E-state index contributed by atoms with van der Waals surface area (Å²) in [5, 5.41) is 0.113. The van der Waals surface area contributed by atoms with Gasteiger partial charge in [-0.05, 0) is 0 Å². The van der Waals surface area contributed by atoms with Crippen molar-refractivity contribution in [3.63, 3.8) is 0 Å². The van der Waals surface area contributed by atoms with Crippen molar-refractivity contribution >= 4 is 23.3 Å². The minimum absolute atomic E-state index is 0.113. The smallest absolute Gasteiger partial charge is 0.281 e. The number of carbonyl (C=O) groups is 2. The highest BCUT2D eigenvalue weighted by Crippen LogP contribution is 2.16. The Bertz CT molecular complexity index is 149. The molecule has 10 heavy (non-hydrogen) atoms. The molecule has 1 fully saturated rings. The molecule has 0 N–H and O–H groups in total. The van der Waals surface area contributed by atoms with Crippen molar-refractivity contribution in [2.75, 3.05) is 18.8 Å². The van der Waals surface area contributed by atoms with Gasteiger partial charge in [-0.1, -0.05) is 11.8 Å². The van der Waals surface area contributed by atoms with Gasteiger partial charge >= 0.3 is 0 Å². The molecule has 1 heterocycles. The summed E-state index contributed by atoms with van der Waals surface area (Å²) in [4.78, 5) is 22.5. The van der Waals surface area contributed by atoms with Crippen LogP contribution in [0.4, 0.5) is 4.79 Å². The highest BCUT2D eigenvalue weighted by molar-refractivity contribution is 8.13. The van der Waals surface area contributed by atoms with Gasteiger partial charge in [0.1, 0.15) is 6.29 Å². The predicted octanol–water partition coefficient (Wildman–Crippen LogP) is 0.744. The highest BCUT2D eigenvalue weighted by atomic mass is 32.2. The fourth-order valence-corrected chi connectivity index (χ4v) is 1.69. The first kappa shape index (κ1) is 7.60. The molecule has 4 heteroatoms. The average Bonchev–Trinajstić information content (AvgIpc) is 2.31. The first-order valence-electron chi connectivity index (χ1n) is 3.20. The number of rotatable bonds is 3. The van der Waals surface area contributed by atoms with Crippen LogP contribution in [-0.4, -0.2) is 35.3 Å². The molecule has 0 aromatic carbocycles. The maximum atomic E-state index is 10.9. The molecule has 0 aromatic rings. The molecule has 1 amide bonds. The quantitative estimate of drug-likeness (QED) is 0.570. The Balaban J connectivity index is 2.26. The van der Waals surface area contributed by atoms with Crippen LogP contribution in [0, 0.1) is 0 Å². The summed E-state index contributed by atoms with van der Waals surface area (Å²) in [6.45, 7) is 1.40. The van der Waals surface area contributed by atoms with E-state index in [1.807, 2.05) is 0 Å². The number of amides is 1. The van der Waals surface area contributed by atoms with Crippen molar-refractivity contribution in [1.29, 1.82) is 0 Å². The Labute approximate surface area is 63.8 Å². The van der Waals surface area contributed by atoms with E-state index in [0.29, 0.717) is 13.0 Å². The van der Waals surface area contributed by atoms with Crippen LogP contribution in [0.1, 0.15) is 6.42 Å². The van der Waals surface area contributed by atoms with E-state index in [0.717, 1.165) is 18.6 Å². The maximum Gasteiger partial charge on any atom is 0.281 e. The van der Waals surface area contributed by atoms with Crippen molar-refractivity contribution in [3.05, 3.63) is 0 Å². The largest absolute Gasteiger partial charge is 0.332 e. The Kier molecular flexibility index (Phi) is 2.74. The molecule has 0 atom stereocenters. The van der Waals surface area contributed by atoms with Crippen LogP contribution < -0.4 is 0 Å². The van der Waals surface area contributed by atoms with Gasteiger partial charge < -0.3 is 9.69 Å². The maximum absolute atomic E-state index is 10.9. The molecule has 3 nitrogen and oxygen atoms in total. The van der Waals surface area contributed by atoms with Gasteiger partial charge in [0.2, 0.25) is 0 Å². The van der Waals surface area contributed by atoms with Crippen LogP contribution in [0.15, 0.2) is 0 Å². The zero-order chi connectivity index (χ0) is 7.40. The summed E-state index contributed by atoms with van der Waals surface area (Å²) in [7, 11) is 0. The van der Waals surface area contributed by atoms with Gasteiger partial charge in [0.15, 0.2) is 0 Å². The molecule has 0 spiro atoms. The predicted molar refractivity (Wildman–Crippen MR) is 40.1 cm³/mol. The molecule has 0 radical (unpaired) electrons. The second-order valence-corrected chi connectivity index (χ2v) is 3.10. The standard InChI is InChI=1S/C6H9NO2S/c8-4-1-2-7-3-5-10-6(7)9/h4H,1-3,5H2. The highest BCUT2D eigenvalue weighted by Gasteiger charge is 2.19. The third kappa shape index (κ3) is 1.73. The number of nitrogens with zero attached hydrogens (tertiary/aromatic N) is 1. The number of carbonyl (C=O) groups excluding carboxylic acids is 2. The van der Waals surface area contributed by atoms with Crippen molar-refractivity contribution in [3.8, 4) is 0 Å². The van der Waals surface area contributed by atoms with Crippen LogP contribution in [0.25, 0.3) is 0 Å². The summed E-state index contributed by atoms with van der Waals surface area (Å²) in [6.07, 6.45) is 1.31. The third-order valence-corrected chi connectivity index (χ3v) is 2.25. The van der Waals surface area contributed by atoms with E-state index in [2.05, 4.69) is 0 Å². The van der Waals surface area contributed by atoms with Gasteiger partial charge in [-0.2, -0.15) is 0 Å². The van der Waals surface area contributed by atoms with Gasteiger partial charge in [0.25, 0.3) is 5.24 Å². The minimum atomic E-state index is 0.113. The Morgan fingerprint density at radius 2 is 2.50 bits per heavy atom. The van der Waals surface area contributed by atoms with Crippen LogP contribution in [0.2, 0.25) is 0 Å². The first-order valence-corrected chi connectivity index (χ1v) is 4.18. The van der Waals surface area contributed by atoms with Crippen LogP contribution in [-0.2, 0) is 4.79 Å². The molecule has 0 saturated carbocycles. The molecule has 1 aliphatic rings. The molecule has 1 rings (SSSR count). The number of thioether (sulfide) groups is 1. The second kappa shape index (κ2) is 3.61. The number of aldehydes is 1. The van der Waals surface area contributed by atoms with E-state index in [1.54, 1.807) is 4.90 Å². The molecule has 0 aliphatic carbocycles. The van der Waals surface area contributed by atoms with E-state index in [9.17, 15) is 9.59 Å². The minimum Gasteiger partial charge on any atom is -0.332 e. The first-order chi connectivity index (χ1) is 4.84. The van der Waals surface area contributed by atoms with E-state index < -0.39 is 0 Å².